The number of halogens is 3. The number of carbonyl (C=O) groups is 1. The van der Waals surface area contributed by atoms with Gasteiger partial charge in [0.1, 0.15) is 17.3 Å². The highest BCUT2D eigenvalue weighted by Gasteiger charge is 2.36. The minimum absolute atomic E-state index is 0.0255. The lowest BCUT2D eigenvalue weighted by Crippen LogP contribution is -2.25. The largest absolute Gasteiger partial charge is 0.512 e. The SMILES string of the molecule is CCc1ccc(Oc2ccc(C#N)cc2C(F)(F)F)cc1C1=C(O)CC(C)(C)CC1=O. The van der Waals surface area contributed by atoms with Crippen molar-refractivity contribution < 1.29 is 27.8 Å². The van der Waals surface area contributed by atoms with Crippen LogP contribution in [0.4, 0.5) is 13.2 Å². The van der Waals surface area contributed by atoms with Gasteiger partial charge in [-0.05, 0) is 53.3 Å². The molecule has 0 fully saturated rings. The van der Waals surface area contributed by atoms with Gasteiger partial charge < -0.3 is 9.84 Å². The summed E-state index contributed by atoms with van der Waals surface area (Å²) in [7, 11) is 0. The van der Waals surface area contributed by atoms with E-state index in [9.17, 15) is 23.1 Å². The van der Waals surface area contributed by atoms with E-state index in [1.165, 1.54) is 18.2 Å². The zero-order valence-corrected chi connectivity index (χ0v) is 17.4. The first-order chi connectivity index (χ1) is 14.4. The lowest BCUT2D eigenvalue weighted by molar-refractivity contribution is -0.138. The number of hydrogen-bond acceptors (Lipinski definition) is 4. The van der Waals surface area contributed by atoms with Crippen LogP contribution in [0.2, 0.25) is 0 Å². The van der Waals surface area contributed by atoms with Gasteiger partial charge in [0.25, 0.3) is 0 Å². The third-order valence-electron chi connectivity index (χ3n) is 5.23. The Kier molecular flexibility index (Phi) is 5.86. The number of aliphatic hydroxyl groups is 1. The molecule has 31 heavy (non-hydrogen) atoms. The van der Waals surface area contributed by atoms with Crippen molar-refractivity contribution in [3.63, 3.8) is 0 Å². The van der Waals surface area contributed by atoms with E-state index in [-0.39, 0.29) is 40.3 Å². The molecule has 0 spiro atoms. The molecule has 4 nitrogen and oxygen atoms in total. The fraction of sp³-hybridized carbons (Fsp3) is 0.333. The van der Waals surface area contributed by atoms with E-state index in [1.807, 2.05) is 20.8 Å². The third-order valence-corrected chi connectivity index (χ3v) is 5.23. The van der Waals surface area contributed by atoms with Crippen LogP contribution >= 0.6 is 0 Å². The second-order valence-electron chi connectivity index (χ2n) is 8.36. The van der Waals surface area contributed by atoms with E-state index in [4.69, 9.17) is 10.00 Å². The number of nitrogens with zero attached hydrogens (tertiary/aromatic N) is 1. The number of hydrogen-bond donors (Lipinski definition) is 1. The Morgan fingerprint density at radius 1 is 1.16 bits per heavy atom. The maximum Gasteiger partial charge on any atom is 0.420 e. The van der Waals surface area contributed by atoms with E-state index in [2.05, 4.69) is 0 Å². The first kappa shape index (κ1) is 22.4. The van der Waals surface area contributed by atoms with Gasteiger partial charge in [-0.1, -0.05) is 26.8 Å². The van der Waals surface area contributed by atoms with Crippen molar-refractivity contribution in [1.82, 2.24) is 0 Å². The highest BCUT2D eigenvalue weighted by atomic mass is 19.4. The maximum atomic E-state index is 13.5. The average Bonchev–Trinajstić information content (AvgIpc) is 2.66. The Labute approximate surface area is 178 Å². The molecule has 0 unspecified atom stereocenters. The summed E-state index contributed by atoms with van der Waals surface area (Å²) >= 11 is 0. The van der Waals surface area contributed by atoms with Crippen molar-refractivity contribution >= 4 is 11.4 Å². The summed E-state index contributed by atoms with van der Waals surface area (Å²) in [5.74, 6) is -0.589. The van der Waals surface area contributed by atoms with Crippen LogP contribution in [0.15, 0.2) is 42.2 Å². The molecule has 2 aromatic rings. The van der Waals surface area contributed by atoms with Crippen molar-refractivity contribution in [2.24, 2.45) is 5.41 Å². The topological polar surface area (TPSA) is 70.3 Å². The van der Waals surface area contributed by atoms with Crippen LogP contribution in [0.25, 0.3) is 5.57 Å². The molecule has 0 saturated heterocycles. The Balaban J connectivity index is 2.08. The van der Waals surface area contributed by atoms with Crippen molar-refractivity contribution in [2.45, 2.75) is 46.2 Å². The van der Waals surface area contributed by atoms with Crippen LogP contribution in [0.5, 0.6) is 11.5 Å². The lowest BCUT2D eigenvalue weighted by Gasteiger charge is -2.30. The van der Waals surface area contributed by atoms with Gasteiger partial charge in [-0.3, -0.25) is 4.79 Å². The van der Waals surface area contributed by atoms with Crippen LogP contribution in [0.3, 0.4) is 0 Å². The van der Waals surface area contributed by atoms with Crippen LogP contribution in [-0.2, 0) is 17.4 Å². The smallest absolute Gasteiger partial charge is 0.420 e. The Morgan fingerprint density at radius 3 is 2.45 bits per heavy atom. The van der Waals surface area contributed by atoms with E-state index in [0.717, 1.165) is 17.7 Å². The van der Waals surface area contributed by atoms with Crippen molar-refractivity contribution in [3.8, 4) is 17.6 Å². The van der Waals surface area contributed by atoms with Crippen molar-refractivity contribution in [3.05, 3.63) is 64.4 Å². The number of benzene rings is 2. The van der Waals surface area contributed by atoms with Crippen LogP contribution in [-0.4, -0.2) is 10.9 Å². The number of carbonyl (C=O) groups excluding carboxylic acids is 1. The second kappa shape index (κ2) is 8.10. The molecular weight excluding hydrogens is 407 g/mol. The first-order valence-corrected chi connectivity index (χ1v) is 9.83. The van der Waals surface area contributed by atoms with Gasteiger partial charge in [0.05, 0.1) is 22.8 Å². The summed E-state index contributed by atoms with van der Waals surface area (Å²) in [6.45, 7) is 5.67. The predicted molar refractivity (Wildman–Crippen MR) is 110 cm³/mol. The van der Waals surface area contributed by atoms with Crippen molar-refractivity contribution in [1.29, 1.82) is 5.26 Å². The highest BCUT2D eigenvalue weighted by Crippen LogP contribution is 2.42. The summed E-state index contributed by atoms with van der Waals surface area (Å²) in [5.41, 5.74) is -0.136. The molecule has 7 heteroatoms. The first-order valence-electron chi connectivity index (χ1n) is 9.83. The fourth-order valence-electron chi connectivity index (χ4n) is 3.79. The number of aliphatic hydroxyl groups excluding tert-OH is 1. The number of nitriles is 1. The molecule has 3 rings (SSSR count). The Bertz CT molecular complexity index is 1110. The molecule has 0 bridgehead atoms. The molecule has 2 aromatic carbocycles. The number of ketones is 1. The van der Waals surface area contributed by atoms with Crippen LogP contribution in [0.1, 0.15) is 55.9 Å². The van der Waals surface area contributed by atoms with Gasteiger partial charge in [-0.2, -0.15) is 18.4 Å². The molecule has 0 saturated carbocycles. The monoisotopic (exact) mass is 429 g/mol. The van der Waals surface area contributed by atoms with E-state index in [1.54, 1.807) is 12.1 Å². The molecule has 0 radical (unpaired) electrons. The summed E-state index contributed by atoms with van der Waals surface area (Å²) < 4.78 is 45.9. The zero-order chi connectivity index (χ0) is 23.0. The number of allylic oxidation sites excluding steroid dienone is 2. The lowest BCUT2D eigenvalue weighted by atomic mass is 9.74. The van der Waals surface area contributed by atoms with Crippen LogP contribution in [0, 0.1) is 16.7 Å². The van der Waals surface area contributed by atoms with Gasteiger partial charge in [-0.15, -0.1) is 0 Å². The molecule has 0 aromatic heterocycles. The summed E-state index contributed by atoms with van der Waals surface area (Å²) in [6.07, 6.45) is -3.56. The third kappa shape index (κ3) is 4.74. The van der Waals surface area contributed by atoms with E-state index >= 15 is 0 Å². The standard InChI is InChI=1S/C24H22F3NO3/c1-4-15-6-7-16(10-17(15)22-19(29)11-23(2,3)12-20(22)30)31-21-8-5-14(13-28)9-18(21)24(25,26)27/h5-10,29H,4,11-12H2,1-3H3. The zero-order valence-electron chi connectivity index (χ0n) is 17.4. The predicted octanol–water partition coefficient (Wildman–Crippen LogP) is 6.59. The molecule has 0 amide bonds. The number of aryl methyl sites for hydroxylation is 1. The number of ether oxygens (including phenoxy) is 1. The molecule has 0 atom stereocenters. The summed E-state index contributed by atoms with van der Waals surface area (Å²) in [4.78, 5) is 12.8. The summed E-state index contributed by atoms with van der Waals surface area (Å²) in [6, 6.07) is 9.44. The molecule has 0 aliphatic heterocycles. The van der Waals surface area contributed by atoms with E-state index < -0.39 is 17.5 Å². The maximum absolute atomic E-state index is 13.5. The number of Topliss-reactive ketones (excluding diaryl/α,β-unsaturated/α-hetero) is 1. The quantitative estimate of drug-likeness (QED) is 0.595. The Hall–Kier alpha value is -3.27. The van der Waals surface area contributed by atoms with Crippen molar-refractivity contribution in [2.75, 3.05) is 0 Å². The Morgan fingerprint density at radius 2 is 1.87 bits per heavy atom. The minimum Gasteiger partial charge on any atom is -0.512 e. The molecular formula is C24H22F3NO3. The highest BCUT2D eigenvalue weighted by molar-refractivity contribution is 6.22. The molecule has 0 heterocycles. The van der Waals surface area contributed by atoms with Gasteiger partial charge in [-0.25, -0.2) is 0 Å². The van der Waals surface area contributed by atoms with Gasteiger partial charge >= 0.3 is 6.18 Å². The minimum atomic E-state index is -4.71. The molecule has 1 N–H and O–H groups in total. The number of alkyl halides is 3. The molecule has 162 valence electrons. The molecule has 1 aliphatic rings. The number of rotatable bonds is 4. The normalized spacial score (nSPS) is 16.2. The van der Waals surface area contributed by atoms with Gasteiger partial charge in [0, 0.05) is 12.8 Å². The summed E-state index contributed by atoms with van der Waals surface area (Å²) in [5, 5.41) is 19.5. The fourth-order valence-corrected chi connectivity index (χ4v) is 3.79. The second-order valence-corrected chi connectivity index (χ2v) is 8.36. The van der Waals surface area contributed by atoms with Gasteiger partial charge in [0.2, 0.25) is 0 Å². The van der Waals surface area contributed by atoms with Crippen LogP contribution < -0.4 is 4.74 Å². The van der Waals surface area contributed by atoms with Gasteiger partial charge in [0.15, 0.2) is 5.78 Å². The molecule has 1 aliphatic carbocycles. The average molecular weight is 429 g/mol. The van der Waals surface area contributed by atoms with E-state index in [0.29, 0.717) is 18.4 Å².